The molecule has 43 heavy (non-hydrogen) atoms. The summed E-state index contributed by atoms with van der Waals surface area (Å²) in [6.45, 7) is 2.14. The molecule has 15 nitrogen and oxygen atoms in total. The van der Waals surface area contributed by atoms with Crippen LogP contribution in [0.15, 0.2) is 40.9 Å². The van der Waals surface area contributed by atoms with Gasteiger partial charge in [0, 0.05) is 30.5 Å². The molecule has 234 valence electrons. The second-order valence-corrected chi connectivity index (χ2v) is 11.9. The van der Waals surface area contributed by atoms with Crippen LogP contribution >= 0.6 is 0 Å². The highest BCUT2D eigenvalue weighted by Gasteiger charge is 2.65. The van der Waals surface area contributed by atoms with Gasteiger partial charge in [-0.3, -0.25) is 34.6 Å². The molecule has 1 aliphatic heterocycles. The van der Waals surface area contributed by atoms with E-state index in [1.165, 1.54) is 30.0 Å². The number of carbonyl (C=O) groups excluding carboxylic acids is 3. The van der Waals surface area contributed by atoms with Crippen molar-refractivity contribution in [2.75, 3.05) is 33.9 Å². The Labute approximate surface area is 246 Å². The molecule has 1 amide bonds. The smallest absolute Gasteiger partial charge is 0.259 e. The van der Waals surface area contributed by atoms with E-state index in [2.05, 4.69) is 5.32 Å². The van der Waals surface area contributed by atoms with E-state index in [9.17, 15) is 39.9 Å². The van der Waals surface area contributed by atoms with E-state index in [0.29, 0.717) is 25.9 Å². The molecule has 5 rings (SSSR count). The number of nitrogens with one attached hydrogen (secondary N) is 1. The molecule has 3 aliphatic carbocycles. The largest absolute Gasteiger partial charge is 0.510 e. The van der Waals surface area contributed by atoms with Crippen LogP contribution in [0.25, 0.3) is 0 Å². The zero-order chi connectivity index (χ0) is 31.6. The molecule has 0 aromatic heterocycles. The quantitative estimate of drug-likeness (QED) is 0.156. The van der Waals surface area contributed by atoms with Crippen LogP contribution in [-0.4, -0.2) is 120 Å². The molecule has 1 heterocycles. The molecular weight excluding hydrogens is 568 g/mol. The van der Waals surface area contributed by atoms with Crippen molar-refractivity contribution in [1.29, 1.82) is 0 Å². The molecule has 0 bridgehead atoms. The Hall–Kier alpha value is -3.41. The molecule has 0 spiro atoms. The van der Waals surface area contributed by atoms with E-state index in [1.807, 2.05) is 0 Å². The standard InChI is InChI=1S/C28H36N4O11/c1-27(39)14-5-4-6-17(33)18(14)22(34)19-15(27)11-16-21(30(2)3)23(35)20(25(37)28(16,40)24(19)36)26(38)29-12-31-9-7-13(8-10-31)43-32(41)42/h4-6,13,15-16,21,33,35-36,39-42H,7-12H2,1-3H3,(H,29,38)/t15-,16-,21-,27?,28-/m0/s1. The number of amides is 1. The zero-order valence-corrected chi connectivity index (χ0v) is 23.9. The topological polar surface area (TPSA) is 224 Å². The van der Waals surface area contributed by atoms with Gasteiger partial charge in [-0.1, -0.05) is 12.1 Å². The van der Waals surface area contributed by atoms with Gasteiger partial charge >= 0.3 is 0 Å². The van der Waals surface area contributed by atoms with Gasteiger partial charge in [-0.05, 0) is 51.9 Å². The number of phenols is 1. The number of carbonyl (C=O) groups is 3. The van der Waals surface area contributed by atoms with Crippen molar-refractivity contribution in [3.8, 4) is 5.75 Å². The summed E-state index contributed by atoms with van der Waals surface area (Å²) >= 11 is 0. The third kappa shape index (κ3) is 4.81. The number of hydrogen-bond donors (Lipinski definition) is 8. The minimum Gasteiger partial charge on any atom is -0.510 e. The van der Waals surface area contributed by atoms with Gasteiger partial charge in [0.15, 0.2) is 11.4 Å². The molecule has 1 unspecified atom stereocenters. The van der Waals surface area contributed by atoms with Crippen LogP contribution in [0.4, 0.5) is 0 Å². The third-order valence-electron chi connectivity index (χ3n) is 9.24. The monoisotopic (exact) mass is 604 g/mol. The average molecular weight is 605 g/mol. The van der Waals surface area contributed by atoms with Gasteiger partial charge in [-0.15, -0.1) is 0 Å². The van der Waals surface area contributed by atoms with Gasteiger partial charge in [-0.2, -0.15) is 0 Å². The average Bonchev–Trinajstić information content (AvgIpc) is 2.92. The van der Waals surface area contributed by atoms with Gasteiger partial charge in [0.25, 0.3) is 5.91 Å². The number of aliphatic hydroxyl groups excluding tert-OH is 2. The summed E-state index contributed by atoms with van der Waals surface area (Å²) in [6.07, 6.45) is 0.129. The zero-order valence-electron chi connectivity index (χ0n) is 23.9. The van der Waals surface area contributed by atoms with Crippen LogP contribution in [0, 0.1) is 11.8 Å². The summed E-state index contributed by atoms with van der Waals surface area (Å²) in [5.41, 5.74) is -5.99. The predicted molar refractivity (Wildman–Crippen MR) is 144 cm³/mol. The highest BCUT2D eigenvalue weighted by Crippen LogP contribution is 2.56. The second kappa shape index (κ2) is 10.9. The maximum absolute atomic E-state index is 13.9. The highest BCUT2D eigenvalue weighted by molar-refractivity contribution is 6.25. The molecule has 5 atom stereocenters. The number of likely N-dealkylation sites (N-methyl/N-ethyl adjacent to an activating group) is 1. The van der Waals surface area contributed by atoms with Gasteiger partial charge < -0.3 is 30.8 Å². The molecule has 0 saturated carbocycles. The number of nitrogens with zero attached hydrogens (tertiary/aromatic N) is 3. The number of ketones is 2. The van der Waals surface area contributed by atoms with Gasteiger partial charge in [0.1, 0.15) is 22.8 Å². The first-order valence-electron chi connectivity index (χ1n) is 13.9. The Morgan fingerprint density at radius 1 is 1.12 bits per heavy atom. The van der Waals surface area contributed by atoms with E-state index >= 15 is 0 Å². The number of likely N-dealkylation sites (tertiary alicyclic amines) is 1. The fourth-order valence-electron chi connectivity index (χ4n) is 7.07. The first kappa shape index (κ1) is 31.0. The summed E-state index contributed by atoms with van der Waals surface area (Å²) in [4.78, 5) is 49.0. The molecule has 1 fully saturated rings. The molecule has 0 radical (unpaired) electrons. The van der Waals surface area contributed by atoms with Gasteiger partial charge in [0.05, 0.1) is 35.4 Å². The van der Waals surface area contributed by atoms with Crippen LogP contribution in [0.3, 0.4) is 0 Å². The summed E-state index contributed by atoms with van der Waals surface area (Å²) in [7, 11) is 3.10. The second-order valence-electron chi connectivity index (χ2n) is 11.9. The number of aliphatic hydroxyl groups is 4. The lowest BCUT2D eigenvalue weighted by Gasteiger charge is -2.52. The number of piperidine rings is 1. The van der Waals surface area contributed by atoms with Crippen molar-refractivity contribution in [1.82, 2.24) is 20.5 Å². The number of fused-ring (bicyclic) bond motifs is 3. The van der Waals surface area contributed by atoms with Crippen molar-refractivity contribution in [3.63, 3.8) is 0 Å². The van der Waals surface area contributed by atoms with Crippen LogP contribution < -0.4 is 5.32 Å². The van der Waals surface area contributed by atoms with Gasteiger partial charge in [-0.25, -0.2) is 4.84 Å². The summed E-state index contributed by atoms with van der Waals surface area (Å²) < 4.78 is 0. The lowest BCUT2D eigenvalue weighted by molar-refractivity contribution is -0.506. The van der Waals surface area contributed by atoms with Crippen molar-refractivity contribution in [3.05, 3.63) is 52.0 Å². The molecule has 1 aromatic carbocycles. The van der Waals surface area contributed by atoms with Crippen molar-refractivity contribution in [2.24, 2.45) is 11.8 Å². The fourth-order valence-corrected chi connectivity index (χ4v) is 7.07. The Morgan fingerprint density at radius 2 is 1.77 bits per heavy atom. The first-order chi connectivity index (χ1) is 20.1. The predicted octanol–water partition coefficient (Wildman–Crippen LogP) is -0.150. The number of aromatic hydroxyl groups is 1. The Balaban J connectivity index is 1.49. The van der Waals surface area contributed by atoms with Crippen LogP contribution in [0.2, 0.25) is 0 Å². The Bertz CT molecular complexity index is 1410. The molecular formula is C28H36N4O11. The fraction of sp³-hybridized carbons (Fsp3) is 0.536. The van der Waals surface area contributed by atoms with Crippen molar-refractivity contribution >= 4 is 17.5 Å². The summed E-state index contributed by atoms with van der Waals surface area (Å²) in [5.74, 6) is -7.68. The summed E-state index contributed by atoms with van der Waals surface area (Å²) in [6, 6.07) is 3.01. The molecule has 1 saturated heterocycles. The van der Waals surface area contributed by atoms with E-state index < -0.39 is 81.1 Å². The normalized spacial score (nSPS) is 31.8. The lowest BCUT2D eigenvalue weighted by Crippen LogP contribution is -2.65. The minimum absolute atomic E-state index is 0.0569. The van der Waals surface area contributed by atoms with Crippen molar-refractivity contribution < 1.29 is 55.2 Å². The minimum atomic E-state index is -2.80. The SMILES string of the molecule is CN(C)[C@@H]1C(O)=C(C(=O)NCN2CCC(ON(O)O)CC2)C(=O)[C@@]2(O)C(O)=C3C(=O)c4c(O)cccc4C(C)(O)[C@H]3C[C@@H]12. The molecule has 1 aromatic rings. The summed E-state index contributed by atoms with van der Waals surface area (Å²) in [5, 5.41) is 76.8. The number of Topliss-reactive ketones (excluding diaryl/α,β-unsaturated/α-hetero) is 2. The maximum atomic E-state index is 13.9. The Kier molecular flexibility index (Phi) is 7.90. The number of phenolic OH excluding ortho intramolecular Hbond substituents is 1. The van der Waals surface area contributed by atoms with E-state index in [1.54, 1.807) is 19.0 Å². The third-order valence-corrected chi connectivity index (χ3v) is 9.24. The van der Waals surface area contributed by atoms with Crippen molar-refractivity contribution in [2.45, 2.75) is 49.5 Å². The number of benzene rings is 1. The van der Waals surface area contributed by atoms with Crippen LogP contribution in [0.1, 0.15) is 42.1 Å². The van der Waals surface area contributed by atoms with Crippen LogP contribution in [0.5, 0.6) is 5.75 Å². The van der Waals surface area contributed by atoms with Gasteiger partial charge in [0.2, 0.25) is 5.78 Å². The number of rotatable bonds is 6. The lowest BCUT2D eigenvalue weighted by atomic mass is 9.55. The van der Waals surface area contributed by atoms with E-state index in [0.717, 1.165) is 0 Å². The molecule has 4 aliphatic rings. The first-order valence-corrected chi connectivity index (χ1v) is 13.9. The van der Waals surface area contributed by atoms with E-state index in [-0.39, 0.29) is 29.6 Å². The maximum Gasteiger partial charge on any atom is 0.259 e. The molecule has 15 heteroatoms. The number of hydrogen-bond acceptors (Lipinski definition) is 14. The van der Waals surface area contributed by atoms with E-state index in [4.69, 9.17) is 15.3 Å². The molecule has 8 N–H and O–H groups in total. The Morgan fingerprint density at radius 3 is 2.37 bits per heavy atom. The highest BCUT2D eigenvalue weighted by atomic mass is 17.1. The van der Waals surface area contributed by atoms with Crippen LogP contribution in [-0.2, 0) is 20.0 Å².